The molecule has 0 saturated heterocycles. The molecule has 0 fully saturated rings. The molecule has 2 aromatic carbocycles. The van der Waals surface area contributed by atoms with E-state index in [4.69, 9.17) is 4.42 Å². The molecule has 0 aliphatic rings. The highest BCUT2D eigenvalue weighted by Crippen LogP contribution is 2.23. The van der Waals surface area contributed by atoms with Crippen LogP contribution in [0.4, 0.5) is 4.39 Å². The molecule has 106 valence electrons. The minimum atomic E-state index is -0.488. The van der Waals surface area contributed by atoms with Gasteiger partial charge in [-0.15, -0.1) is 0 Å². The second-order valence-corrected chi connectivity index (χ2v) is 5.42. The Morgan fingerprint density at radius 1 is 1.24 bits per heavy atom. The molecule has 3 aromatic rings. The lowest BCUT2D eigenvalue weighted by Crippen LogP contribution is -2.08. The van der Waals surface area contributed by atoms with E-state index in [1.807, 2.05) is 0 Å². The standard InChI is InChI=1S/C15H9BrFNO3/c1-18-12-5-2-8(6-13(12)21-15(18)20)14(19)10-4-3-9(17)7-11(10)16/h2-7H,1H3. The van der Waals surface area contributed by atoms with Crippen LogP contribution >= 0.6 is 15.9 Å². The molecule has 0 atom stereocenters. The van der Waals surface area contributed by atoms with Crippen LogP contribution in [-0.2, 0) is 7.05 Å². The summed E-state index contributed by atoms with van der Waals surface area (Å²) in [5.41, 5.74) is 1.65. The van der Waals surface area contributed by atoms with E-state index < -0.39 is 11.6 Å². The van der Waals surface area contributed by atoms with Crippen molar-refractivity contribution in [2.45, 2.75) is 0 Å². The number of rotatable bonds is 2. The highest BCUT2D eigenvalue weighted by Gasteiger charge is 2.15. The molecule has 0 aliphatic carbocycles. The van der Waals surface area contributed by atoms with Crippen LogP contribution in [0.5, 0.6) is 0 Å². The Hall–Kier alpha value is -2.21. The van der Waals surface area contributed by atoms with Crippen LogP contribution in [0.3, 0.4) is 0 Å². The van der Waals surface area contributed by atoms with Crippen molar-refractivity contribution in [2.24, 2.45) is 7.05 Å². The first-order chi connectivity index (χ1) is 9.97. The van der Waals surface area contributed by atoms with Gasteiger partial charge in [-0.25, -0.2) is 9.18 Å². The smallest absolute Gasteiger partial charge is 0.408 e. The summed E-state index contributed by atoms with van der Waals surface area (Å²) in [4.78, 5) is 23.9. The van der Waals surface area contributed by atoms with Crippen molar-refractivity contribution >= 4 is 32.8 Å². The van der Waals surface area contributed by atoms with Crippen molar-refractivity contribution < 1.29 is 13.6 Å². The van der Waals surface area contributed by atoms with E-state index in [0.29, 0.717) is 26.7 Å². The maximum absolute atomic E-state index is 13.1. The number of fused-ring (bicyclic) bond motifs is 1. The van der Waals surface area contributed by atoms with Gasteiger partial charge in [0.15, 0.2) is 11.4 Å². The van der Waals surface area contributed by atoms with Gasteiger partial charge in [-0.2, -0.15) is 0 Å². The van der Waals surface area contributed by atoms with Crippen LogP contribution in [0.1, 0.15) is 15.9 Å². The van der Waals surface area contributed by atoms with Gasteiger partial charge in [-0.05, 0) is 52.3 Å². The maximum atomic E-state index is 13.1. The van der Waals surface area contributed by atoms with Crippen molar-refractivity contribution in [1.82, 2.24) is 4.57 Å². The van der Waals surface area contributed by atoms with Crippen LogP contribution in [0, 0.1) is 5.82 Å². The summed E-state index contributed by atoms with van der Waals surface area (Å²) in [6, 6.07) is 8.62. The lowest BCUT2D eigenvalue weighted by molar-refractivity contribution is 0.103. The van der Waals surface area contributed by atoms with E-state index >= 15 is 0 Å². The monoisotopic (exact) mass is 349 g/mol. The zero-order valence-electron chi connectivity index (χ0n) is 10.9. The van der Waals surface area contributed by atoms with Gasteiger partial charge < -0.3 is 4.42 Å². The Balaban J connectivity index is 2.11. The molecule has 0 bridgehead atoms. The van der Waals surface area contributed by atoms with Crippen molar-refractivity contribution in [3.05, 3.63) is 68.4 Å². The molecular weight excluding hydrogens is 341 g/mol. The minimum Gasteiger partial charge on any atom is -0.408 e. The number of hydrogen-bond donors (Lipinski definition) is 0. The van der Waals surface area contributed by atoms with Crippen molar-refractivity contribution in [3.8, 4) is 0 Å². The van der Waals surface area contributed by atoms with Gasteiger partial charge >= 0.3 is 5.76 Å². The van der Waals surface area contributed by atoms with Crippen molar-refractivity contribution in [2.75, 3.05) is 0 Å². The number of carbonyl (C=O) groups excluding carboxylic acids is 1. The quantitative estimate of drug-likeness (QED) is 0.667. The molecular formula is C15H9BrFNO3. The Bertz CT molecular complexity index is 926. The first kappa shape index (κ1) is 13.8. The Labute approximate surface area is 126 Å². The SMILES string of the molecule is Cn1c(=O)oc2cc(C(=O)c3ccc(F)cc3Br)ccc21. The van der Waals surface area contributed by atoms with Gasteiger partial charge in [0, 0.05) is 22.6 Å². The molecule has 21 heavy (non-hydrogen) atoms. The molecule has 4 nitrogen and oxygen atoms in total. The summed E-state index contributed by atoms with van der Waals surface area (Å²) >= 11 is 3.17. The third-order valence-electron chi connectivity index (χ3n) is 3.23. The average molecular weight is 350 g/mol. The number of aromatic nitrogens is 1. The summed E-state index contributed by atoms with van der Waals surface area (Å²) < 4.78 is 19.9. The van der Waals surface area contributed by atoms with Gasteiger partial charge in [0.05, 0.1) is 5.52 Å². The van der Waals surface area contributed by atoms with Gasteiger partial charge in [-0.1, -0.05) is 0 Å². The number of carbonyl (C=O) groups is 1. The number of hydrogen-bond acceptors (Lipinski definition) is 3. The Kier molecular flexibility index (Phi) is 3.25. The molecule has 0 saturated carbocycles. The van der Waals surface area contributed by atoms with Gasteiger partial charge in [0.1, 0.15) is 5.82 Å². The fourth-order valence-electron chi connectivity index (χ4n) is 2.10. The number of ketones is 1. The third-order valence-corrected chi connectivity index (χ3v) is 3.89. The first-order valence-corrected chi connectivity index (χ1v) is 6.86. The molecule has 0 unspecified atom stereocenters. The topological polar surface area (TPSA) is 52.2 Å². The number of nitrogens with zero attached hydrogens (tertiary/aromatic N) is 1. The molecule has 1 aromatic heterocycles. The number of benzene rings is 2. The highest BCUT2D eigenvalue weighted by molar-refractivity contribution is 9.10. The predicted octanol–water partition coefficient (Wildman–Crippen LogP) is 3.26. The fourth-order valence-corrected chi connectivity index (χ4v) is 2.64. The van der Waals surface area contributed by atoms with E-state index in [0.717, 1.165) is 0 Å². The average Bonchev–Trinajstić information content (AvgIpc) is 2.73. The molecule has 0 amide bonds. The van der Waals surface area contributed by atoms with Crippen LogP contribution in [-0.4, -0.2) is 10.4 Å². The molecule has 0 radical (unpaired) electrons. The zero-order chi connectivity index (χ0) is 15.1. The number of halogens is 2. The van der Waals surface area contributed by atoms with Crippen molar-refractivity contribution in [3.63, 3.8) is 0 Å². The van der Waals surface area contributed by atoms with E-state index in [-0.39, 0.29) is 5.78 Å². The largest absolute Gasteiger partial charge is 0.419 e. The molecule has 6 heteroatoms. The lowest BCUT2D eigenvalue weighted by atomic mass is 10.0. The second-order valence-electron chi connectivity index (χ2n) is 4.56. The van der Waals surface area contributed by atoms with Crippen LogP contribution in [0.15, 0.2) is 50.1 Å². The summed E-state index contributed by atoms with van der Waals surface area (Å²) in [7, 11) is 1.59. The lowest BCUT2D eigenvalue weighted by Gasteiger charge is -2.04. The third kappa shape index (κ3) is 2.31. The van der Waals surface area contributed by atoms with E-state index in [9.17, 15) is 14.0 Å². The maximum Gasteiger partial charge on any atom is 0.419 e. The minimum absolute atomic E-state index is 0.282. The zero-order valence-corrected chi connectivity index (χ0v) is 12.5. The van der Waals surface area contributed by atoms with Gasteiger partial charge in [-0.3, -0.25) is 9.36 Å². The molecule has 3 rings (SSSR count). The second kappa shape index (κ2) is 4.96. The molecule has 0 N–H and O–H groups in total. The molecule has 0 spiro atoms. The molecule has 1 heterocycles. The summed E-state index contributed by atoms with van der Waals surface area (Å²) in [6.45, 7) is 0. The predicted molar refractivity (Wildman–Crippen MR) is 79.0 cm³/mol. The summed E-state index contributed by atoms with van der Waals surface area (Å²) in [5.74, 6) is -1.20. The van der Waals surface area contributed by atoms with Crippen LogP contribution in [0.25, 0.3) is 11.1 Å². The first-order valence-electron chi connectivity index (χ1n) is 6.06. The normalized spacial score (nSPS) is 11.0. The Morgan fingerprint density at radius 3 is 2.71 bits per heavy atom. The Morgan fingerprint density at radius 2 is 2.00 bits per heavy atom. The summed E-state index contributed by atoms with van der Waals surface area (Å²) in [6.07, 6.45) is 0. The summed E-state index contributed by atoms with van der Waals surface area (Å²) in [5, 5.41) is 0. The van der Waals surface area contributed by atoms with E-state index in [2.05, 4.69) is 15.9 Å². The van der Waals surface area contributed by atoms with Gasteiger partial charge in [0.25, 0.3) is 0 Å². The van der Waals surface area contributed by atoms with E-state index in [1.165, 1.54) is 28.8 Å². The highest BCUT2D eigenvalue weighted by atomic mass is 79.9. The van der Waals surface area contributed by atoms with E-state index in [1.54, 1.807) is 19.2 Å². The van der Waals surface area contributed by atoms with Crippen molar-refractivity contribution in [1.29, 1.82) is 0 Å². The number of aryl methyl sites for hydroxylation is 1. The fraction of sp³-hybridized carbons (Fsp3) is 0.0667. The molecule has 0 aliphatic heterocycles. The van der Waals surface area contributed by atoms with Crippen LogP contribution in [0.2, 0.25) is 0 Å². The number of oxazole rings is 1. The van der Waals surface area contributed by atoms with Gasteiger partial charge in [0.2, 0.25) is 0 Å². The van der Waals surface area contributed by atoms with Crippen LogP contribution < -0.4 is 5.76 Å².